The Morgan fingerprint density at radius 3 is 3.25 bits per heavy atom. The number of aromatic nitrogens is 5. The van der Waals surface area contributed by atoms with Gasteiger partial charge in [-0.05, 0) is 18.9 Å². The number of fused-ring (bicyclic) bond motifs is 1. The van der Waals surface area contributed by atoms with Gasteiger partial charge in [0.25, 0.3) is 0 Å². The number of aromatic amines is 1. The summed E-state index contributed by atoms with van der Waals surface area (Å²) in [5, 5.41) is 1.10. The largest absolute Gasteiger partial charge is 0.351 e. The van der Waals surface area contributed by atoms with Crippen molar-refractivity contribution in [3.8, 4) is 0 Å². The number of imidazole rings is 1. The number of hydrogen-bond acceptors (Lipinski definition) is 4. The summed E-state index contributed by atoms with van der Waals surface area (Å²) >= 11 is 0. The van der Waals surface area contributed by atoms with Crippen molar-refractivity contribution in [3.63, 3.8) is 0 Å². The molecule has 1 aliphatic rings. The minimum absolute atomic E-state index is 0.470. The van der Waals surface area contributed by atoms with E-state index in [-0.39, 0.29) is 0 Å². The summed E-state index contributed by atoms with van der Waals surface area (Å²) in [6.45, 7) is 2.01. The van der Waals surface area contributed by atoms with Gasteiger partial charge in [-0.15, -0.1) is 0 Å². The van der Waals surface area contributed by atoms with E-state index in [2.05, 4.69) is 35.5 Å². The molecule has 0 amide bonds. The first-order valence-electron chi connectivity index (χ1n) is 6.92. The van der Waals surface area contributed by atoms with E-state index in [9.17, 15) is 0 Å². The Morgan fingerprint density at radius 2 is 2.35 bits per heavy atom. The normalized spacial score (nSPS) is 19.0. The Hall–Kier alpha value is -2.37. The number of nitrogens with zero attached hydrogens (tertiary/aromatic N) is 5. The Bertz CT molecular complexity index is 701. The predicted octanol–water partition coefficient (Wildman–Crippen LogP) is 1.82. The second kappa shape index (κ2) is 4.63. The lowest BCUT2D eigenvalue weighted by atomic mass is 10.2. The van der Waals surface area contributed by atoms with Gasteiger partial charge in [-0.25, -0.2) is 15.0 Å². The number of nitrogens with one attached hydrogen (secondary N) is 1. The van der Waals surface area contributed by atoms with Crippen molar-refractivity contribution < 1.29 is 0 Å². The summed E-state index contributed by atoms with van der Waals surface area (Å²) in [5.74, 6) is 1.04. The minimum Gasteiger partial charge on any atom is -0.351 e. The number of H-pyrrole nitrogens is 1. The van der Waals surface area contributed by atoms with Gasteiger partial charge in [0.05, 0.1) is 11.7 Å². The molecular formula is C14H16N6. The highest BCUT2D eigenvalue weighted by Gasteiger charge is 2.27. The van der Waals surface area contributed by atoms with Gasteiger partial charge >= 0.3 is 0 Å². The summed E-state index contributed by atoms with van der Waals surface area (Å²) in [6, 6.07) is 2.52. The Morgan fingerprint density at radius 1 is 1.35 bits per heavy atom. The van der Waals surface area contributed by atoms with Crippen molar-refractivity contribution in [2.45, 2.75) is 25.4 Å². The fourth-order valence-corrected chi connectivity index (χ4v) is 3.03. The Kier molecular flexibility index (Phi) is 2.65. The molecule has 3 aromatic heterocycles. The molecule has 0 aliphatic carbocycles. The molecule has 1 saturated heterocycles. The third kappa shape index (κ3) is 1.84. The Balaban J connectivity index is 1.68. The van der Waals surface area contributed by atoms with E-state index in [1.807, 2.05) is 24.9 Å². The van der Waals surface area contributed by atoms with Gasteiger partial charge in [0.2, 0.25) is 0 Å². The van der Waals surface area contributed by atoms with Gasteiger partial charge in [0.15, 0.2) is 0 Å². The van der Waals surface area contributed by atoms with E-state index in [1.165, 1.54) is 12.8 Å². The third-order valence-electron chi connectivity index (χ3n) is 3.96. The van der Waals surface area contributed by atoms with Crippen LogP contribution >= 0.6 is 0 Å². The summed E-state index contributed by atoms with van der Waals surface area (Å²) in [7, 11) is 0. The molecule has 4 rings (SSSR count). The first kappa shape index (κ1) is 11.5. The average molecular weight is 268 g/mol. The molecule has 0 spiro atoms. The molecule has 6 heteroatoms. The molecule has 1 aliphatic heterocycles. The maximum absolute atomic E-state index is 4.51. The highest BCUT2D eigenvalue weighted by atomic mass is 15.3. The number of rotatable bonds is 3. The summed E-state index contributed by atoms with van der Waals surface area (Å²) in [4.78, 5) is 18.4. The van der Waals surface area contributed by atoms with E-state index in [4.69, 9.17) is 0 Å². The van der Waals surface area contributed by atoms with Crippen LogP contribution in [0.4, 0.5) is 5.82 Å². The molecule has 1 atom stereocenters. The average Bonchev–Trinajstić information content (AvgIpc) is 3.19. The van der Waals surface area contributed by atoms with E-state index < -0.39 is 0 Å². The SMILES string of the molecule is c1cn(C[C@H]2CCCN2c2ncnc3[nH]ccc23)cn1. The summed E-state index contributed by atoms with van der Waals surface area (Å²) in [6.07, 6.45) is 11.7. The zero-order valence-corrected chi connectivity index (χ0v) is 11.1. The molecule has 1 N–H and O–H groups in total. The van der Waals surface area contributed by atoms with Crippen LogP contribution in [-0.2, 0) is 6.54 Å². The third-order valence-corrected chi connectivity index (χ3v) is 3.96. The maximum Gasteiger partial charge on any atom is 0.142 e. The van der Waals surface area contributed by atoms with Crippen molar-refractivity contribution in [3.05, 3.63) is 37.3 Å². The monoisotopic (exact) mass is 268 g/mol. The summed E-state index contributed by atoms with van der Waals surface area (Å²) < 4.78 is 2.14. The molecular weight excluding hydrogens is 252 g/mol. The van der Waals surface area contributed by atoms with Crippen LogP contribution in [0.3, 0.4) is 0 Å². The first-order chi connectivity index (χ1) is 9.92. The molecule has 3 aromatic rings. The molecule has 4 heterocycles. The van der Waals surface area contributed by atoms with Gasteiger partial charge in [-0.2, -0.15) is 0 Å². The zero-order chi connectivity index (χ0) is 13.4. The van der Waals surface area contributed by atoms with Crippen LogP contribution < -0.4 is 4.90 Å². The minimum atomic E-state index is 0.470. The lowest BCUT2D eigenvalue weighted by Crippen LogP contribution is -2.33. The number of hydrogen-bond donors (Lipinski definition) is 1. The molecule has 0 radical (unpaired) electrons. The second-order valence-electron chi connectivity index (χ2n) is 5.19. The van der Waals surface area contributed by atoms with Gasteiger partial charge in [-0.1, -0.05) is 0 Å². The summed E-state index contributed by atoms with van der Waals surface area (Å²) in [5.41, 5.74) is 0.906. The van der Waals surface area contributed by atoms with Crippen LogP contribution in [0.2, 0.25) is 0 Å². The van der Waals surface area contributed by atoms with E-state index in [1.54, 1.807) is 6.33 Å². The highest BCUT2D eigenvalue weighted by Crippen LogP contribution is 2.29. The van der Waals surface area contributed by atoms with Crippen molar-refractivity contribution in [2.75, 3.05) is 11.4 Å². The zero-order valence-electron chi connectivity index (χ0n) is 11.1. The van der Waals surface area contributed by atoms with Crippen LogP contribution in [0, 0.1) is 0 Å². The van der Waals surface area contributed by atoms with Crippen LogP contribution in [0.5, 0.6) is 0 Å². The van der Waals surface area contributed by atoms with Crippen molar-refractivity contribution in [1.29, 1.82) is 0 Å². The van der Waals surface area contributed by atoms with Gasteiger partial charge in [-0.3, -0.25) is 0 Å². The van der Waals surface area contributed by atoms with E-state index >= 15 is 0 Å². The van der Waals surface area contributed by atoms with E-state index in [0.717, 1.165) is 29.9 Å². The fourth-order valence-electron chi connectivity index (χ4n) is 3.03. The predicted molar refractivity (Wildman–Crippen MR) is 76.5 cm³/mol. The maximum atomic E-state index is 4.51. The molecule has 6 nitrogen and oxygen atoms in total. The van der Waals surface area contributed by atoms with Crippen molar-refractivity contribution in [2.24, 2.45) is 0 Å². The van der Waals surface area contributed by atoms with E-state index in [0.29, 0.717) is 6.04 Å². The van der Waals surface area contributed by atoms with Gasteiger partial charge in [0.1, 0.15) is 17.8 Å². The highest BCUT2D eigenvalue weighted by molar-refractivity contribution is 5.87. The van der Waals surface area contributed by atoms with Crippen molar-refractivity contribution >= 4 is 16.9 Å². The molecule has 0 saturated carbocycles. The van der Waals surface area contributed by atoms with Crippen molar-refractivity contribution in [1.82, 2.24) is 24.5 Å². The molecule has 1 fully saturated rings. The molecule has 102 valence electrons. The van der Waals surface area contributed by atoms with Crippen LogP contribution in [0.25, 0.3) is 11.0 Å². The topological polar surface area (TPSA) is 62.6 Å². The molecule has 0 bridgehead atoms. The van der Waals surface area contributed by atoms with Gasteiger partial charge in [0, 0.05) is 37.7 Å². The standard InChI is InChI=1S/C14H16N6/c1-2-11(8-19-7-5-15-10-19)20(6-1)14-12-3-4-16-13(12)17-9-18-14/h3-5,7,9-11H,1-2,6,8H2,(H,16,17,18)/t11-/m1/s1. The lowest BCUT2D eigenvalue weighted by molar-refractivity contribution is 0.548. The first-order valence-corrected chi connectivity index (χ1v) is 6.92. The van der Waals surface area contributed by atoms with Crippen LogP contribution in [0.15, 0.2) is 37.3 Å². The molecule has 0 aromatic carbocycles. The Labute approximate surface area is 116 Å². The van der Waals surface area contributed by atoms with Gasteiger partial charge < -0.3 is 14.5 Å². The smallest absolute Gasteiger partial charge is 0.142 e. The molecule has 20 heavy (non-hydrogen) atoms. The fraction of sp³-hybridized carbons (Fsp3) is 0.357. The quantitative estimate of drug-likeness (QED) is 0.787. The molecule has 0 unspecified atom stereocenters. The van der Waals surface area contributed by atoms with Crippen LogP contribution in [0.1, 0.15) is 12.8 Å². The lowest BCUT2D eigenvalue weighted by Gasteiger charge is -2.26. The second-order valence-corrected chi connectivity index (χ2v) is 5.19. The number of anilines is 1. The van der Waals surface area contributed by atoms with Crippen LogP contribution in [-0.4, -0.2) is 37.1 Å².